The molecule has 0 aliphatic carbocycles. The molecule has 1 saturated heterocycles. The topological polar surface area (TPSA) is 121 Å². The lowest BCUT2D eigenvalue weighted by atomic mass is 10.2. The van der Waals surface area contributed by atoms with E-state index in [4.69, 9.17) is 9.47 Å². The number of anilines is 1. The lowest BCUT2D eigenvalue weighted by molar-refractivity contribution is -0.388. The minimum Gasteiger partial charge on any atom is -0.419 e. The highest BCUT2D eigenvalue weighted by Crippen LogP contribution is 2.33. The van der Waals surface area contributed by atoms with E-state index in [1.807, 2.05) is 0 Å². The molecule has 144 valence electrons. The Kier molecular flexibility index (Phi) is 5.32. The van der Waals surface area contributed by atoms with Gasteiger partial charge in [0.05, 0.1) is 4.92 Å². The maximum absolute atomic E-state index is 11.9. The number of benzene rings is 1. The molecule has 1 aliphatic rings. The fraction of sp³-hybridized carbons (Fsp3) is 0.167. The molecule has 9 nitrogen and oxygen atoms in total. The van der Waals surface area contributed by atoms with Crippen LogP contribution in [0.4, 0.5) is 11.4 Å². The summed E-state index contributed by atoms with van der Waals surface area (Å²) in [6, 6.07) is 9.73. The summed E-state index contributed by atoms with van der Waals surface area (Å²) in [5.74, 6) is -2.84. The third kappa shape index (κ3) is 4.46. The van der Waals surface area contributed by atoms with E-state index in [1.54, 1.807) is 24.3 Å². The summed E-state index contributed by atoms with van der Waals surface area (Å²) in [5, 5.41) is 14.2. The summed E-state index contributed by atoms with van der Waals surface area (Å²) in [6.07, 6.45) is 2.70. The standard InChI is InChI=1S/C18H15N3O6S/c1-18(2)26-16(22)13(17(23)27-18)10-20-11-5-7-12(8-6-11)28-15-14(21(24)25)4-3-9-19-15/h3-10,20H,1-2H3. The first-order chi connectivity index (χ1) is 13.2. The van der Waals surface area contributed by atoms with Gasteiger partial charge in [-0.05, 0) is 30.3 Å². The quantitative estimate of drug-likeness (QED) is 0.264. The zero-order valence-electron chi connectivity index (χ0n) is 14.9. The summed E-state index contributed by atoms with van der Waals surface area (Å²) in [6.45, 7) is 2.94. The number of cyclic esters (lactones) is 2. The number of carbonyl (C=O) groups excluding carboxylic acids is 2. The van der Waals surface area contributed by atoms with Gasteiger partial charge in [0, 0.05) is 42.9 Å². The maximum atomic E-state index is 11.9. The molecule has 1 aromatic carbocycles. The molecule has 10 heteroatoms. The van der Waals surface area contributed by atoms with Crippen molar-refractivity contribution in [2.45, 2.75) is 29.6 Å². The van der Waals surface area contributed by atoms with Gasteiger partial charge in [0.1, 0.15) is 0 Å². The van der Waals surface area contributed by atoms with Gasteiger partial charge in [0.25, 0.3) is 5.79 Å². The summed E-state index contributed by atoms with van der Waals surface area (Å²) in [5.41, 5.74) is 0.274. The van der Waals surface area contributed by atoms with Crippen LogP contribution in [0.15, 0.2) is 64.3 Å². The number of ether oxygens (including phenoxy) is 2. The number of esters is 2. The van der Waals surface area contributed by atoms with Crippen molar-refractivity contribution in [3.63, 3.8) is 0 Å². The molecular formula is C18H15N3O6S. The van der Waals surface area contributed by atoms with Gasteiger partial charge in [-0.15, -0.1) is 0 Å². The smallest absolute Gasteiger partial charge is 0.350 e. The monoisotopic (exact) mass is 401 g/mol. The number of hydrogen-bond donors (Lipinski definition) is 1. The van der Waals surface area contributed by atoms with Crippen LogP contribution in [0.5, 0.6) is 0 Å². The van der Waals surface area contributed by atoms with E-state index in [1.165, 1.54) is 38.4 Å². The second-order valence-corrected chi connectivity index (χ2v) is 7.15. The Morgan fingerprint density at radius 2 is 1.79 bits per heavy atom. The molecule has 0 bridgehead atoms. The van der Waals surface area contributed by atoms with Crippen molar-refractivity contribution in [2.24, 2.45) is 0 Å². The average molecular weight is 401 g/mol. The molecule has 2 aromatic rings. The molecule has 1 N–H and O–H groups in total. The predicted molar refractivity (Wildman–Crippen MR) is 99.4 cm³/mol. The van der Waals surface area contributed by atoms with E-state index < -0.39 is 22.6 Å². The average Bonchev–Trinajstić information content (AvgIpc) is 2.61. The van der Waals surface area contributed by atoms with Crippen LogP contribution < -0.4 is 5.32 Å². The van der Waals surface area contributed by atoms with Gasteiger partial charge in [-0.3, -0.25) is 10.1 Å². The fourth-order valence-electron chi connectivity index (χ4n) is 2.26. The first-order valence-electron chi connectivity index (χ1n) is 8.06. The molecule has 0 unspecified atom stereocenters. The van der Waals surface area contributed by atoms with Crippen molar-refractivity contribution in [1.82, 2.24) is 4.98 Å². The van der Waals surface area contributed by atoms with Crippen molar-refractivity contribution in [3.8, 4) is 0 Å². The molecule has 0 radical (unpaired) electrons. The van der Waals surface area contributed by atoms with E-state index in [9.17, 15) is 19.7 Å². The molecule has 0 amide bonds. The van der Waals surface area contributed by atoms with Gasteiger partial charge in [0.15, 0.2) is 10.6 Å². The Bertz CT molecular complexity index is 950. The number of nitrogens with one attached hydrogen (secondary N) is 1. The van der Waals surface area contributed by atoms with Crippen molar-refractivity contribution in [2.75, 3.05) is 5.32 Å². The van der Waals surface area contributed by atoms with E-state index in [-0.39, 0.29) is 16.3 Å². The van der Waals surface area contributed by atoms with Gasteiger partial charge < -0.3 is 14.8 Å². The number of hydrogen-bond acceptors (Lipinski definition) is 9. The highest BCUT2D eigenvalue weighted by Gasteiger charge is 2.38. The minimum absolute atomic E-state index is 0.0725. The Labute approximate surface area is 163 Å². The number of aromatic nitrogens is 1. The van der Waals surface area contributed by atoms with Crippen LogP contribution in [0.3, 0.4) is 0 Å². The van der Waals surface area contributed by atoms with Gasteiger partial charge in [-0.1, -0.05) is 11.8 Å². The summed E-state index contributed by atoms with van der Waals surface area (Å²) in [4.78, 5) is 39.1. The fourth-order valence-corrected chi connectivity index (χ4v) is 3.12. The Hall–Kier alpha value is -3.40. The van der Waals surface area contributed by atoms with Gasteiger partial charge in [-0.2, -0.15) is 0 Å². The van der Waals surface area contributed by atoms with Gasteiger partial charge in [0.2, 0.25) is 0 Å². The minimum atomic E-state index is -1.29. The summed E-state index contributed by atoms with van der Waals surface area (Å²) >= 11 is 1.15. The molecule has 0 atom stereocenters. The zero-order valence-corrected chi connectivity index (χ0v) is 15.7. The lowest BCUT2D eigenvalue weighted by Gasteiger charge is -2.29. The Balaban J connectivity index is 1.70. The Morgan fingerprint density at radius 3 is 2.39 bits per heavy atom. The summed E-state index contributed by atoms with van der Waals surface area (Å²) in [7, 11) is 0. The lowest BCUT2D eigenvalue weighted by Crippen LogP contribution is -2.42. The molecule has 2 heterocycles. The number of carbonyl (C=O) groups is 2. The highest BCUT2D eigenvalue weighted by molar-refractivity contribution is 7.99. The largest absolute Gasteiger partial charge is 0.419 e. The molecular weight excluding hydrogens is 386 g/mol. The first kappa shape index (κ1) is 19.4. The van der Waals surface area contributed by atoms with Crippen LogP contribution in [-0.4, -0.2) is 27.6 Å². The molecule has 1 fully saturated rings. The van der Waals surface area contributed by atoms with Crippen LogP contribution in [0.1, 0.15) is 13.8 Å². The van der Waals surface area contributed by atoms with E-state index >= 15 is 0 Å². The van der Waals surface area contributed by atoms with Crippen LogP contribution >= 0.6 is 11.8 Å². The predicted octanol–water partition coefficient (Wildman–Crippen LogP) is 3.27. The molecule has 1 aromatic heterocycles. The molecule has 1 aliphatic heterocycles. The number of pyridine rings is 1. The zero-order chi connectivity index (χ0) is 20.3. The number of nitro groups is 1. The van der Waals surface area contributed by atoms with Crippen molar-refractivity contribution >= 4 is 35.1 Å². The van der Waals surface area contributed by atoms with Gasteiger partial charge in [-0.25, -0.2) is 14.6 Å². The normalized spacial score (nSPS) is 15.4. The van der Waals surface area contributed by atoms with E-state index in [0.29, 0.717) is 5.69 Å². The van der Waals surface area contributed by atoms with E-state index in [2.05, 4.69) is 10.3 Å². The van der Waals surface area contributed by atoms with Crippen LogP contribution in [0, 0.1) is 10.1 Å². The summed E-state index contributed by atoms with van der Waals surface area (Å²) < 4.78 is 10.0. The molecule has 3 rings (SSSR count). The second kappa shape index (κ2) is 7.69. The molecule has 0 saturated carbocycles. The second-order valence-electron chi connectivity index (χ2n) is 6.09. The van der Waals surface area contributed by atoms with Crippen LogP contribution in [0.2, 0.25) is 0 Å². The molecule has 0 spiro atoms. The number of nitrogens with zero attached hydrogens (tertiary/aromatic N) is 2. The Morgan fingerprint density at radius 1 is 1.14 bits per heavy atom. The third-order valence-electron chi connectivity index (χ3n) is 3.52. The van der Waals surface area contributed by atoms with Crippen LogP contribution in [-0.2, 0) is 19.1 Å². The third-order valence-corrected chi connectivity index (χ3v) is 4.53. The van der Waals surface area contributed by atoms with Crippen molar-refractivity contribution in [1.29, 1.82) is 0 Å². The number of rotatable bonds is 5. The SMILES string of the molecule is CC1(C)OC(=O)C(=CNc2ccc(Sc3ncccc3[N+](=O)[O-])cc2)C(=O)O1. The van der Waals surface area contributed by atoms with Crippen molar-refractivity contribution < 1.29 is 24.0 Å². The molecule has 28 heavy (non-hydrogen) atoms. The first-order valence-corrected chi connectivity index (χ1v) is 8.87. The van der Waals surface area contributed by atoms with Crippen molar-refractivity contribution in [3.05, 3.63) is 64.5 Å². The maximum Gasteiger partial charge on any atom is 0.350 e. The van der Waals surface area contributed by atoms with Gasteiger partial charge >= 0.3 is 17.6 Å². The van der Waals surface area contributed by atoms with E-state index in [0.717, 1.165) is 16.7 Å². The highest BCUT2D eigenvalue weighted by atomic mass is 32.2. The van der Waals surface area contributed by atoms with Crippen LogP contribution in [0.25, 0.3) is 0 Å².